The van der Waals surface area contributed by atoms with Gasteiger partial charge < -0.3 is 9.47 Å². The second-order valence-corrected chi connectivity index (χ2v) is 6.79. The molecule has 1 N–H and O–H groups in total. The highest BCUT2D eigenvalue weighted by Crippen LogP contribution is 2.24. The molecule has 1 rings (SSSR count). The average Bonchev–Trinajstić information content (AvgIpc) is 2.63. The molecule has 2 amide bonds. The van der Waals surface area contributed by atoms with Crippen molar-refractivity contribution in [2.75, 3.05) is 13.2 Å². The van der Waals surface area contributed by atoms with E-state index in [-0.39, 0.29) is 13.2 Å². The number of amides is 2. The predicted octanol–water partition coefficient (Wildman–Crippen LogP) is 2.88. The van der Waals surface area contributed by atoms with Gasteiger partial charge in [0.25, 0.3) is 0 Å². The predicted molar refractivity (Wildman–Crippen MR) is 107 cm³/mol. The molecule has 28 heavy (non-hydrogen) atoms. The van der Waals surface area contributed by atoms with Crippen LogP contribution in [0.5, 0.6) is 0 Å². The molecule has 0 fully saturated rings. The number of ether oxygens (including phenoxy) is 2. The summed E-state index contributed by atoms with van der Waals surface area (Å²) in [5.41, 5.74) is 2.33. The van der Waals surface area contributed by atoms with Crippen LogP contribution in [-0.2, 0) is 19.1 Å². The van der Waals surface area contributed by atoms with E-state index in [4.69, 9.17) is 9.47 Å². The molecule has 150 valence electrons. The minimum atomic E-state index is -1.18. The van der Waals surface area contributed by atoms with Gasteiger partial charge >= 0.3 is 18.0 Å². The molecule has 1 aromatic rings. The molecule has 0 aromatic heterocycles. The zero-order chi connectivity index (χ0) is 21.5. The van der Waals surface area contributed by atoms with Gasteiger partial charge in [-0.3, -0.25) is 0 Å². The van der Waals surface area contributed by atoms with Crippen molar-refractivity contribution in [3.8, 4) is 0 Å². The summed E-state index contributed by atoms with van der Waals surface area (Å²) in [5.74, 6) is -1.32. The number of nitrogens with one attached hydrogen (secondary N) is 1. The van der Waals surface area contributed by atoms with Crippen molar-refractivity contribution in [3.05, 3.63) is 54.1 Å². The van der Waals surface area contributed by atoms with E-state index in [1.165, 1.54) is 4.58 Å². The van der Waals surface area contributed by atoms with Gasteiger partial charge in [0.2, 0.25) is 0 Å². The van der Waals surface area contributed by atoms with Crippen LogP contribution in [0.2, 0.25) is 0 Å². The van der Waals surface area contributed by atoms with Crippen LogP contribution in [0.1, 0.15) is 23.6 Å². The van der Waals surface area contributed by atoms with Crippen LogP contribution in [0.15, 0.2) is 37.4 Å². The summed E-state index contributed by atoms with van der Waals surface area (Å²) in [6.07, 6.45) is 2.01. The van der Waals surface area contributed by atoms with Crippen molar-refractivity contribution >= 4 is 30.4 Å². The van der Waals surface area contributed by atoms with E-state index in [1.807, 2.05) is 32.9 Å². The Balaban J connectivity index is 3.05. The molecule has 1 aromatic carbocycles. The Morgan fingerprint density at radius 2 is 1.46 bits per heavy atom. The summed E-state index contributed by atoms with van der Waals surface area (Å²) >= 11 is 0. The highest BCUT2D eigenvalue weighted by atomic mass is 16.5. The monoisotopic (exact) mass is 387 g/mol. The molecular formula is C21H27N2O5+. The van der Waals surface area contributed by atoms with E-state index in [2.05, 4.69) is 25.2 Å². The minimum Gasteiger partial charge on any atom is -0.458 e. The van der Waals surface area contributed by atoms with E-state index in [1.54, 1.807) is 6.92 Å². The third-order valence-corrected chi connectivity index (χ3v) is 3.96. The molecule has 7 heteroatoms. The van der Waals surface area contributed by atoms with Gasteiger partial charge in [0, 0.05) is 12.2 Å². The van der Waals surface area contributed by atoms with Crippen molar-refractivity contribution in [2.24, 2.45) is 0 Å². The number of carbonyl (C=O) groups is 3. The summed E-state index contributed by atoms with van der Waals surface area (Å²) in [4.78, 5) is 35.6. The molecule has 0 aliphatic rings. The molecule has 7 nitrogen and oxygen atoms in total. The average molecular weight is 387 g/mol. The van der Waals surface area contributed by atoms with Gasteiger partial charge in [0.15, 0.2) is 5.54 Å². The SMILES string of the molecule is C=CC(=O)OCC(C)(COC(=O)C=C)NC(=O)[N+](=C)c1c(C)cc(C)cc1C. The molecule has 0 atom stereocenters. The number of carbonyl (C=O) groups excluding carboxylic acids is 3. The number of hydrogen-bond donors (Lipinski definition) is 1. The standard InChI is InChI=1S/C21H26N2O5/c1-8-17(24)27-12-21(6,13-28-18(25)9-2)22-20(26)23(7)19-15(4)10-14(3)11-16(19)5/h8-11H,1-2,7,12-13H2,3-6H3/p+1. The normalized spacial score (nSPS) is 10.6. The fourth-order valence-electron chi connectivity index (χ4n) is 2.72. The van der Waals surface area contributed by atoms with Crippen LogP contribution in [0.3, 0.4) is 0 Å². The van der Waals surface area contributed by atoms with Crippen molar-refractivity contribution in [2.45, 2.75) is 33.2 Å². The van der Waals surface area contributed by atoms with Gasteiger partial charge in [0.05, 0.1) is 6.72 Å². The highest BCUT2D eigenvalue weighted by molar-refractivity contribution is 5.82. The molecule has 0 aliphatic carbocycles. The molecule has 0 bridgehead atoms. The lowest BCUT2D eigenvalue weighted by Crippen LogP contribution is -2.55. The molecule has 0 aliphatic heterocycles. The molecule has 0 unspecified atom stereocenters. The third-order valence-electron chi connectivity index (χ3n) is 3.96. The first-order valence-electron chi connectivity index (χ1n) is 8.62. The lowest BCUT2D eigenvalue weighted by atomic mass is 10.0. The fourth-order valence-corrected chi connectivity index (χ4v) is 2.72. The lowest BCUT2D eigenvalue weighted by molar-refractivity contribution is -0.326. The number of hydrogen-bond acceptors (Lipinski definition) is 5. The number of benzene rings is 1. The number of urea groups is 1. The van der Waals surface area contributed by atoms with Gasteiger partial charge in [-0.1, -0.05) is 30.9 Å². The Morgan fingerprint density at radius 3 is 1.86 bits per heavy atom. The lowest BCUT2D eigenvalue weighted by Gasteiger charge is -2.25. The Morgan fingerprint density at radius 1 is 1.04 bits per heavy atom. The van der Waals surface area contributed by atoms with Gasteiger partial charge in [-0.2, -0.15) is 9.37 Å². The second-order valence-electron chi connectivity index (χ2n) is 6.79. The first-order chi connectivity index (χ1) is 13.0. The van der Waals surface area contributed by atoms with Crippen molar-refractivity contribution in [1.29, 1.82) is 0 Å². The quantitative estimate of drug-likeness (QED) is 0.321. The fraction of sp³-hybridized carbons (Fsp3) is 0.333. The first-order valence-corrected chi connectivity index (χ1v) is 8.62. The van der Waals surface area contributed by atoms with E-state index in [0.717, 1.165) is 28.8 Å². The van der Waals surface area contributed by atoms with Crippen LogP contribution >= 0.6 is 0 Å². The first kappa shape index (κ1) is 22.8. The van der Waals surface area contributed by atoms with Gasteiger partial charge in [-0.25, -0.2) is 14.9 Å². The van der Waals surface area contributed by atoms with Crippen molar-refractivity contribution < 1.29 is 28.4 Å². The van der Waals surface area contributed by atoms with Gasteiger partial charge in [-0.15, -0.1) is 0 Å². The smallest absolute Gasteiger partial charge is 0.458 e. The van der Waals surface area contributed by atoms with E-state index < -0.39 is 23.5 Å². The summed E-state index contributed by atoms with van der Waals surface area (Å²) < 4.78 is 11.3. The molecule has 0 heterocycles. The largest absolute Gasteiger partial charge is 0.496 e. The van der Waals surface area contributed by atoms with E-state index in [0.29, 0.717) is 5.69 Å². The maximum Gasteiger partial charge on any atom is 0.496 e. The second kappa shape index (κ2) is 9.64. The number of aryl methyl sites for hydroxylation is 3. The summed E-state index contributed by atoms with van der Waals surface area (Å²) in [7, 11) is 0. The van der Waals surface area contributed by atoms with Crippen LogP contribution < -0.4 is 5.32 Å². The van der Waals surface area contributed by atoms with Crippen LogP contribution in [0.25, 0.3) is 0 Å². The molecule has 0 radical (unpaired) electrons. The Labute approximate surface area is 165 Å². The van der Waals surface area contributed by atoms with Crippen LogP contribution in [0.4, 0.5) is 10.5 Å². The third kappa shape index (κ3) is 6.19. The van der Waals surface area contributed by atoms with Gasteiger partial charge in [-0.05, 0) is 38.8 Å². The molecule has 0 spiro atoms. The Bertz CT molecular complexity index is 779. The Kier molecular flexibility index (Phi) is 7.86. The van der Waals surface area contributed by atoms with Crippen molar-refractivity contribution in [3.63, 3.8) is 0 Å². The zero-order valence-corrected chi connectivity index (χ0v) is 16.8. The molecule has 0 saturated heterocycles. The van der Waals surface area contributed by atoms with E-state index >= 15 is 0 Å². The number of nitrogens with zero attached hydrogens (tertiary/aromatic N) is 1. The summed E-state index contributed by atoms with van der Waals surface area (Å²) in [5, 5.41) is 2.72. The maximum atomic E-state index is 12.8. The maximum absolute atomic E-state index is 12.8. The van der Waals surface area contributed by atoms with Crippen LogP contribution in [0, 0.1) is 20.8 Å². The van der Waals surface area contributed by atoms with Crippen molar-refractivity contribution in [1.82, 2.24) is 5.32 Å². The topological polar surface area (TPSA) is 84.7 Å². The summed E-state index contributed by atoms with van der Waals surface area (Å²) in [6, 6.07) is 3.36. The number of rotatable bonds is 8. The molecular weight excluding hydrogens is 360 g/mol. The minimum absolute atomic E-state index is 0.228. The summed E-state index contributed by atoms with van der Waals surface area (Å²) in [6.45, 7) is 17.4. The number of esters is 2. The van der Waals surface area contributed by atoms with E-state index in [9.17, 15) is 14.4 Å². The molecule has 0 saturated carbocycles. The van der Waals surface area contributed by atoms with Crippen LogP contribution in [-0.4, -0.2) is 48.0 Å². The highest BCUT2D eigenvalue weighted by Gasteiger charge is 2.37. The Hall–Kier alpha value is -3.22. The van der Waals surface area contributed by atoms with Gasteiger partial charge in [0.1, 0.15) is 18.9 Å². The zero-order valence-electron chi connectivity index (χ0n) is 16.8.